The summed E-state index contributed by atoms with van der Waals surface area (Å²) in [6.45, 7) is 11.2. The second-order valence-electron chi connectivity index (χ2n) is 8.21. The summed E-state index contributed by atoms with van der Waals surface area (Å²) in [4.78, 5) is 29.5. The molecule has 0 fully saturated rings. The van der Waals surface area contributed by atoms with E-state index in [1.807, 2.05) is 32.7 Å². The van der Waals surface area contributed by atoms with Crippen LogP contribution in [0.15, 0.2) is 4.99 Å². The van der Waals surface area contributed by atoms with Crippen molar-refractivity contribution in [3.8, 4) is 0 Å². The molecule has 0 spiro atoms. The largest absolute Gasteiger partial charge is 0.469 e. The average molecular weight is 401 g/mol. The molecule has 1 amide bonds. The first-order chi connectivity index (χ1) is 13.0. The number of rotatable bonds is 10. The maximum absolute atomic E-state index is 12.1. The molecule has 0 aromatic rings. The lowest BCUT2D eigenvalue weighted by Crippen LogP contribution is -2.45. The van der Waals surface area contributed by atoms with Gasteiger partial charge in [0.2, 0.25) is 0 Å². The Hall–Kier alpha value is -1.99. The topological polar surface area (TPSA) is 92.3 Å². The van der Waals surface area contributed by atoms with Crippen molar-refractivity contribution in [1.82, 2.24) is 15.5 Å². The number of methoxy groups -OCH3 is 1. The first-order valence-corrected chi connectivity index (χ1v) is 9.98. The normalized spacial score (nSPS) is 13.1. The highest BCUT2D eigenvalue weighted by Crippen LogP contribution is 2.11. The van der Waals surface area contributed by atoms with E-state index < -0.39 is 5.60 Å². The van der Waals surface area contributed by atoms with Gasteiger partial charge in [0.05, 0.1) is 7.11 Å². The molecule has 8 heteroatoms. The Balaban J connectivity index is 4.40. The van der Waals surface area contributed by atoms with Crippen LogP contribution in [0.4, 0.5) is 4.79 Å². The van der Waals surface area contributed by atoms with Crippen LogP contribution < -0.4 is 10.6 Å². The van der Waals surface area contributed by atoms with Gasteiger partial charge in [-0.05, 0) is 46.0 Å². The first kappa shape index (κ1) is 26.0. The van der Waals surface area contributed by atoms with Gasteiger partial charge in [0.1, 0.15) is 5.60 Å². The molecule has 0 radical (unpaired) electrons. The molecule has 0 aliphatic heterocycles. The van der Waals surface area contributed by atoms with E-state index in [-0.39, 0.29) is 24.0 Å². The second kappa shape index (κ2) is 13.2. The van der Waals surface area contributed by atoms with Crippen molar-refractivity contribution in [2.75, 3.05) is 34.3 Å². The summed E-state index contributed by atoms with van der Waals surface area (Å²) in [6.07, 6.45) is 2.45. The molecule has 0 aromatic carbocycles. The minimum absolute atomic E-state index is 0.00969. The quantitative estimate of drug-likeness (QED) is 0.254. The Kier molecular flexibility index (Phi) is 12.3. The van der Waals surface area contributed by atoms with Gasteiger partial charge in [0, 0.05) is 39.6 Å². The highest BCUT2D eigenvalue weighted by Gasteiger charge is 2.22. The second-order valence-corrected chi connectivity index (χ2v) is 8.21. The zero-order valence-electron chi connectivity index (χ0n) is 18.9. The number of hydrogen-bond donors (Lipinski definition) is 2. The Morgan fingerprint density at radius 1 is 1.18 bits per heavy atom. The molecule has 28 heavy (non-hydrogen) atoms. The molecule has 0 aliphatic rings. The number of amides is 1. The van der Waals surface area contributed by atoms with E-state index in [2.05, 4.69) is 34.2 Å². The third-order valence-electron chi connectivity index (χ3n) is 4.17. The smallest absolute Gasteiger partial charge is 0.407 e. The molecule has 1 unspecified atom stereocenters. The molecule has 2 N–H and O–H groups in total. The molecule has 0 heterocycles. The monoisotopic (exact) mass is 400 g/mol. The summed E-state index contributed by atoms with van der Waals surface area (Å²) in [5, 5.41) is 6.27. The van der Waals surface area contributed by atoms with Gasteiger partial charge in [0.15, 0.2) is 5.96 Å². The Morgan fingerprint density at radius 3 is 2.32 bits per heavy atom. The first-order valence-electron chi connectivity index (χ1n) is 9.98. The number of esters is 1. The summed E-state index contributed by atoms with van der Waals surface area (Å²) < 4.78 is 10.00. The molecule has 0 aromatic heterocycles. The lowest BCUT2D eigenvalue weighted by atomic mass is 10.0. The Labute approximate surface area is 170 Å². The minimum atomic E-state index is -0.512. The highest BCUT2D eigenvalue weighted by molar-refractivity contribution is 5.79. The predicted molar refractivity (Wildman–Crippen MR) is 112 cm³/mol. The van der Waals surface area contributed by atoms with Gasteiger partial charge in [-0.15, -0.1) is 0 Å². The van der Waals surface area contributed by atoms with Gasteiger partial charge in [-0.2, -0.15) is 0 Å². The van der Waals surface area contributed by atoms with Crippen molar-refractivity contribution in [1.29, 1.82) is 0 Å². The van der Waals surface area contributed by atoms with Crippen molar-refractivity contribution in [3.63, 3.8) is 0 Å². The van der Waals surface area contributed by atoms with Crippen molar-refractivity contribution < 1.29 is 19.1 Å². The van der Waals surface area contributed by atoms with E-state index >= 15 is 0 Å². The van der Waals surface area contributed by atoms with Gasteiger partial charge in [-0.25, -0.2) is 4.79 Å². The number of alkyl carbamates (subject to hydrolysis) is 1. The Bertz CT molecular complexity index is 501. The number of hydrogen-bond acceptors (Lipinski definition) is 5. The predicted octanol–water partition coefficient (Wildman–Crippen LogP) is 2.78. The van der Waals surface area contributed by atoms with Crippen LogP contribution in [0.1, 0.15) is 60.3 Å². The molecular weight excluding hydrogens is 360 g/mol. The fourth-order valence-corrected chi connectivity index (χ4v) is 2.55. The maximum Gasteiger partial charge on any atom is 0.407 e. The van der Waals surface area contributed by atoms with Crippen LogP contribution in [-0.4, -0.2) is 68.9 Å². The number of carbonyl (C=O) groups excluding carboxylic acids is 2. The van der Waals surface area contributed by atoms with Crippen LogP contribution >= 0.6 is 0 Å². The van der Waals surface area contributed by atoms with Gasteiger partial charge >= 0.3 is 12.1 Å². The van der Waals surface area contributed by atoms with Crippen LogP contribution in [0.25, 0.3) is 0 Å². The summed E-state index contributed by atoms with van der Waals surface area (Å²) in [6, 6.07) is 0.00969. The van der Waals surface area contributed by atoms with Gasteiger partial charge < -0.3 is 25.0 Å². The van der Waals surface area contributed by atoms with Crippen LogP contribution in [0.3, 0.4) is 0 Å². The van der Waals surface area contributed by atoms with E-state index in [0.29, 0.717) is 6.42 Å². The molecule has 0 saturated carbocycles. The summed E-state index contributed by atoms with van der Waals surface area (Å²) in [5.41, 5.74) is -0.512. The van der Waals surface area contributed by atoms with Gasteiger partial charge in [0.25, 0.3) is 0 Å². The van der Waals surface area contributed by atoms with E-state index in [4.69, 9.17) is 4.74 Å². The molecular formula is C20H40N4O4. The van der Waals surface area contributed by atoms with Crippen molar-refractivity contribution in [3.05, 3.63) is 0 Å². The number of guanidine groups is 1. The lowest BCUT2D eigenvalue weighted by Gasteiger charge is -2.28. The number of carbonyl (C=O) groups is 2. The third-order valence-corrected chi connectivity index (χ3v) is 4.17. The van der Waals surface area contributed by atoms with E-state index in [9.17, 15) is 9.59 Å². The maximum atomic E-state index is 12.1. The summed E-state index contributed by atoms with van der Waals surface area (Å²) in [5.74, 6) is 0.894. The average Bonchev–Trinajstić information content (AvgIpc) is 2.59. The van der Waals surface area contributed by atoms with Crippen LogP contribution in [0.2, 0.25) is 0 Å². The summed E-state index contributed by atoms with van der Waals surface area (Å²) in [7, 11) is 5.11. The van der Waals surface area contributed by atoms with Crippen LogP contribution in [0, 0.1) is 5.92 Å². The molecule has 0 bridgehead atoms. The van der Waals surface area contributed by atoms with Crippen molar-refractivity contribution in [2.45, 2.75) is 71.9 Å². The van der Waals surface area contributed by atoms with Crippen LogP contribution in [-0.2, 0) is 14.3 Å². The standard InChI is InChI=1S/C20H40N4O4/c1-15(2)16(23-19(26)28-20(3,4)5)12-14-24(7)18(21-6)22-13-10-9-11-17(25)27-8/h15-16H,9-14H2,1-8H3,(H,21,22)(H,23,26). The SMILES string of the molecule is CN=C(NCCCCC(=O)OC)N(C)CCC(NC(=O)OC(C)(C)C)C(C)C. The minimum Gasteiger partial charge on any atom is -0.469 e. The fraction of sp³-hybridized carbons (Fsp3) is 0.850. The van der Waals surface area contributed by atoms with Crippen molar-refractivity contribution in [2.24, 2.45) is 10.9 Å². The van der Waals surface area contributed by atoms with Crippen LogP contribution in [0.5, 0.6) is 0 Å². The molecule has 0 aliphatic carbocycles. The number of ether oxygens (including phenoxy) is 2. The molecule has 164 valence electrons. The van der Waals surface area contributed by atoms with E-state index in [1.165, 1.54) is 7.11 Å². The number of aliphatic imine (C=N–C) groups is 1. The fourth-order valence-electron chi connectivity index (χ4n) is 2.55. The molecule has 0 saturated heterocycles. The lowest BCUT2D eigenvalue weighted by molar-refractivity contribution is -0.140. The van der Waals surface area contributed by atoms with Crippen molar-refractivity contribution >= 4 is 18.0 Å². The third kappa shape index (κ3) is 12.4. The zero-order valence-corrected chi connectivity index (χ0v) is 18.9. The Morgan fingerprint density at radius 2 is 1.82 bits per heavy atom. The van der Waals surface area contributed by atoms with E-state index in [1.54, 1.807) is 7.05 Å². The highest BCUT2D eigenvalue weighted by atomic mass is 16.6. The van der Waals surface area contributed by atoms with Gasteiger partial charge in [-0.1, -0.05) is 13.8 Å². The number of nitrogens with zero attached hydrogens (tertiary/aromatic N) is 2. The number of unbranched alkanes of at least 4 members (excludes halogenated alkanes) is 1. The zero-order chi connectivity index (χ0) is 21.7. The van der Waals surface area contributed by atoms with Gasteiger partial charge in [-0.3, -0.25) is 9.79 Å². The van der Waals surface area contributed by atoms with E-state index in [0.717, 1.165) is 38.3 Å². The number of nitrogens with one attached hydrogen (secondary N) is 2. The molecule has 0 rings (SSSR count). The molecule has 1 atom stereocenters. The molecule has 8 nitrogen and oxygen atoms in total. The summed E-state index contributed by atoms with van der Waals surface area (Å²) >= 11 is 0.